The van der Waals surface area contributed by atoms with Crippen molar-refractivity contribution in [2.75, 3.05) is 6.54 Å². The highest BCUT2D eigenvalue weighted by atomic mass is 79.9. The number of carbonyl (C=O) groups excluding carboxylic acids is 1. The molecule has 2 rings (SSSR count). The van der Waals surface area contributed by atoms with Gasteiger partial charge in [-0.1, -0.05) is 6.92 Å². The summed E-state index contributed by atoms with van der Waals surface area (Å²) < 4.78 is 23.3. The number of hydrogen-bond acceptors (Lipinski definition) is 3. The number of halogens is 2. The Morgan fingerprint density at radius 3 is 2.80 bits per heavy atom. The summed E-state index contributed by atoms with van der Waals surface area (Å²) in [4.78, 5) is 14.3. The van der Waals surface area contributed by atoms with E-state index in [-0.39, 0.29) is 16.8 Å². The average Bonchev–Trinajstić information content (AvgIpc) is 2.85. The second-order valence-corrected chi connectivity index (χ2v) is 8.20. The molecule has 0 saturated carbocycles. The molecule has 20 heavy (non-hydrogen) atoms. The van der Waals surface area contributed by atoms with Crippen molar-refractivity contribution in [3.05, 3.63) is 28.2 Å². The van der Waals surface area contributed by atoms with Crippen LogP contribution in [0.15, 0.2) is 27.6 Å². The molecule has 1 aliphatic rings. The molecule has 1 amide bonds. The van der Waals surface area contributed by atoms with Crippen molar-refractivity contribution in [3.8, 4) is 0 Å². The summed E-state index contributed by atoms with van der Waals surface area (Å²) in [6.07, 6.45) is 2.87. The molecule has 0 bridgehead atoms. The van der Waals surface area contributed by atoms with E-state index in [0.29, 0.717) is 16.6 Å². The lowest BCUT2D eigenvalue weighted by molar-refractivity contribution is 0.0732. The van der Waals surface area contributed by atoms with Crippen molar-refractivity contribution >= 4 is 41.6 Å². The monoisotopic (exact) mass is 379 g/mol. The normalized spacial score (nSPS) is 19.4. The molecule has 4 nitrogen and oxygen atoms in total. The molecule has 1 unspecified atom stereocenters. The summed E-state index contributed by atoms with van der Waals surface area (Å²) >= 11 is 3.30. The summed E-state index contributed by atoms with van der Waals surface area (Å²) in [5.74, 6) is -0.150. The number of nitrogens with zero attached hydrogens (tertiary/aromatic N) is 1. The average molecular weight is 381 g/mol. The van der Waals surface area contributed by atoms with Gasteiger partial charge in [-0.15, -0.1) is 0 Å². The van der Waals surface area contributed by atoms with Crippen LogP contribution >= 0.6 is 26.6 Å². The Balaban J connectivity index is 2.39. The van der Waals surface area contributed by atoms with Gasteiger partial charge in [0.25, 0.3) is 15.0 Å². The first kappa shape index (κ1) is 15.8. The molecule has 1 atom stereocenters. The second kappa shape index (κ2) is 6.03. The van der Waals surface area contributed by atoms with E-state index >= 15 is 0 Å². The molecule has 0 aliphatic carbocycles. The minimum atomic E-state index is -3.84. The maximum absolute atomic E-state index is 12.6. The highest BCUT2D eigenvalue weighted by Crippen LogP contribution is 2.28. The van der Waals surface area contributed by atoms with Crippen molar-refractivity contribution in [3.63, 3.8) is 0 Å². The van der Waals surface area contributed by atoms with Crippen molar-refractivity contribution in [1.82, 2.24) is 4.90 Å². The minimum absolute atomic E-state index is 0.0574. The lowest BCUT2D eigenvalue weighted by Crippen LogP contribution is -2.35. The molecule has 0 N–H and O–H groups in total. The molecule has 1 aromatic rings. The van der Waals surface area contributed by atoms with Crippen LogP contribution in [0.25, 0.3) is 0 Å². The number of likely N-dealkylation sites (tertiary alicyclic amines) is 1. The molecule has 1 aromatic carbocycles. The first-order chi connectivity index (χ1) is 9.34. The predicted molar refractivity (Wildman–Crippen MR) is 81.5 cm³/mol. The van der Waals surface area contributed by atoms with Gasteiger partial charge < -0.3 is 4.90 Å². The lowest BCUT2D eigenvalue weighted by Gasteiger charge is -2.24. The third-order valence-electron chi connectivity index (χ3n) is 3.56. The van der Waals surface area contributed by atoms with Crippen LogP contribution in [0.4, 0.5) is 0 Å². The van der Waals surface area contributed by atoms with E-state index in [1.807, 2.05) is 11.8 Å². The number of amides is 1. The van der Waals surface area contributed by atoms with Crippen molar-refractivity contribution in [1.29, 1.82) is 0 Å². The topological polar surface area (TPSA) is 54.5 Å². The largest absolute Gasteiger partial charge is 0.336 e. The van der Waals surface area contributed by atoms with E-state index < -0.39 is 9.05 Å². The van der Waals surface area contributed by atoms with Gasteiger partial charge in [-0.3, -0.25) is 4.79 Å². The molecule has 110 valence electrons. The fourth-order valence-electron chi connectivity index (χ4n) is 2.50. The zero-order valence-electron chi connectivity index (χ0n) is 11.0. The summed E-state index contributed by atoms with van der Waals surface area (Å²) in [6, 6.07) is 4.48. The van der Waals surface area contributed by atoms with Crippen molar-refractivity contribution in [2.24, 2.45) is 0 Å². The Hall–Kier alpha value is -0.590. The maximum Gasteiger partial charge on any atom is 0.261 e. The molecular weight excluding hydrogens is 366 g/mol. The number of rotatable bonds is 3. The standard InChI is InChI=1S/C13H15BrClNO3S/c1-2-9-4-3-7-16(9)13(17)11-8-10(20(15,18)19)5-6-12(11)14/h5-6,8-9H,2-4,7H2,1H3. The van der Waals surface area contributed by atoms with Crippen LogP contribution in [0.1, 0.15) is 36.5 Å². The summed E-state index contributed by atoms with van der Waals surface area (Å²) in [5.41, 5.74) is 0.340. The minimum Gasteiger partial charge on any atom is -0.336 e. The molecule has 0 radical (unpaired) electrons. The van der Waals surface area contributed by atoms with Gasteiger partial charge in [0.15, 0.2) is 0 Å². The second-order valence-electron chi connectivity index (χ2n) is 4.78. The van der Waals surface area contributed by atoms with Crippen LogP contribution in [0.3, 0.4) is 0 Å². The first-order valence-electron chi connectivity index (χ1n) is 6.39. The summed E-state index contributed by atoms with van der Waals surface area (Å²) in [5, 5.41) is 0. The Kier molecular flexibility index (Phi) is 4.76. The lowest BCUT2D eigenvalue weighted by atomic mass is 10.1. The van der Waals surface area contributed by atoms with Gasteiger partial charge in [-0.05, 0) is 53.4 Å². The third-order valence-corrected chi connectivity index (χ3v) is 5.60. The molecule has 1 heterocycles. The zero-order valence-corrected chi connectivity index (χ0v) is 14.1. The van der Waals surface area contributed by atoms with E-state index in [9.17, 15) is 13.2 Å². The van der Waals surface area contributed by atoms with Crippen LogP contribution in [-0.4, -0.2) is 31.8 Å². The molecule has 7 heteroatoms. The zero-order chi connectivity index (χ0) is 14.9. The van der Waals surface area contributed by atoms with Gasteiger partial charge in [0.1, 0.15) is 0 Å². The first-order valence-corrected chi connectivity index (χ1v) is 9.50. The van der Waals surface area contributed by atoms with Gasteiger partial charge in [0.05, 0.1) is 10.5 Å². The van der Waals surface area contributed by atoms with E-state index in [2.05, 4.69) is 15.9 Å². The van der Waals surface area contributed by atoms with Crippen LogP contribution in [0, 0.1) is 0 Å². The third kappa shape index (κ3) is 3.18. The van der Waals surface area contributed by atoms with E-state index in [4.69, 9.17) is 10.7 Å². The number of carbonyl (C=O) groups is 1. The van der Waals surface area contributed by atoms with Gasteiger partial charge >= 0.3 is 0 Å². The van der Waals surface area contributed by atoms with Crippen LogP contribution in [-0.2, 0) is 9.05 Å². The van der Waals surface area contributed by atoms with Gasteiger partial charge in [0.2, 0.25) is 0 Å². The molecular formula is C13H15BrClNO3S. The number of benzene rings is 1. The Morgan fingerprint density at radius 2 is 2.20 bits per heavy atom. The Morgan fingerprint density at radius 1 is 1.50 bits per heavy atom. The smallest absolute Gasteiger partial charge is 0.261 e. The van der Waals surface area contributed by atoms with Crippen LogP contribution in [0.5, 0.6) is 0 Å². The highest BCUT2D eigenvalue weighted by molar-refractivity contribution is 9.10. The molecule has 1 saturated heterocycles. The van der Waals surface area contributed by atoms with Crippen LogP contribution in [0.2, 0.25) is 0 Å². The molecule has 1 fully saturated rings. The van der Waals surface area contributed by atoms with Gasteiger partial charge in [-0.25, -0.2) is 8.42 Å². The van der Waals surface area contributed by atoms with Crippen LogP contribution < -0.4 is 0 Å². The summed E-state index contributed by atoms with van der Waals surface area (Å²) in [7, 11) is 1.50. The molecule has 1 aliphatic heterocycles. The fourth-order valence-corrected chi connectivity index (χ4v) is 3.70. The quantitative estimate of drug-likeness (QED) is 0.755. The van der Waals surface area contributed by atoms with Gasteiger partial charge in [-0.2, -0.15) is 0 Å². The van der Waals surface area contributed by atoms with E-state index in [1.165, 1.54) is 12.1 Å². The fraction of sp³-hybridized carbons (Fsp3) is 0.462. The molecule has 0 aromatic heterocycles. The highest BCUT2D eigenvalue weighted by Gasteiger charge is 2.29. The molecule has 0 spiro atoms. The van der Waals surface area contributed by atoms with E-state index in [0.717, 1.165) is 19.3 Å². The van der Waals surface area contributed by atoms with E-state index in [1.54, 1.807) is 6.07 Å². The number of hydrogen-bond donors (Lipinski definition) is 0. The SMILES string of the molecule is CCC1CCCN1C(=O)c1cc(S(=O)(=O)Cl)ccc1Br. The van der Waals surface area contributed by atoms with Crippen molar-refractivity contribution < 1.29 is 13.2 Å². The predicted octanol–water partition coefficient (Wildman–Crippen LogP) is 3.39. The Bertz CT molecular complexity index is 633. The summed E-state index contributed by atoms with van der Waals surface area (Å²) in [6.45, 7) is 2.76. The van der Waals surface area contributed by atoms with Gasteiger partial charge in [0, 0.05) is 27.7 Å². The van der Waals surface area contributed by atoms with Crippen molar-refractivity contribution in [2.45, 2.75) is 37.1 Å². The Labute approximate surface area is 131 Å². The maximum atomic E-state index is 12.6.